The van der Waals surface area contributed by atoms with Crippen LogP contribution in [0.25, 0.3) is 0 Å². The minimum absolute atomic E-state index is 0.103. The molecule has 2 N–H and O–H groups in total. The average Bonchev–Trinajstić information content (AvgIpc) is 3.11. The molecule has 1 aliphatic rings. The molecule has 1 atom stereocenters. The van der Waals surface area contributed by atoms with Crippen molar-refractivity contribution in [2.24, 2.45) is 5.92 Å². The topological polar surface area (TPSA) is 83.5 Å². The van der Waals surface area contributed by atoms with Gasteiger partial charge < -0.3 is 10.4 Å². The number of carboxylic acids is 1. The summed E-state index contributed by atoms with van der Waals surface area (Å²) in [6, 6.07) is 0. The van der Waals surface area contributed by atoms with E-state index in [-0.39, 0.29) is 11.7 Å². The standard InChI is InChI=1S/C12H23NO4S2/c1-3-6-13-12(11(14)15,10-4-5-10)9-18-7-8-19(2,16)17/h10,13H,3-9H2,1-2H3,(H,14,15). The summed E-state index contributed by atoms with van der Waals surface area (Å²) in [6.07, 6.45) is 3.97. The van der Waals surface area contributed by atoms with Gasteiger partial charge in [0.15, 0.2) is 0 Å². The lowest BCUT2D eigenvalue weighted by molar-refractivity contribution is -0.144. The summed E-state index contributed by atoms with van der Waals surface area (Å²) in [5.74, 6) is 0.362. The zero-order valence-electron chi connectivity index (χ0n) is 11.5. The summed E-state index contributed by atoms with van der Waals surface area (Å²) < 4.78 is 22.1. The van der Waals surface area contributed by atoms with E-state index in [1.54, 1.807) is 0 Å². The van der Waals surface area contributed by atoms with Crippen molar-refractivity contribution in [1.29, 1.82) is 0 Å². The molecule has 1 aliphatic carbocycles. The molecule has 5 nitrogen and oxygen atoms in total. The van der Waals surface area contributed by atoms with E-state index in [1.165, 1.54) is 18.0 Å². The maximum atomic E-state index is 11.6. The predicted octanol–water partition coefficient (Wildman–Crippen LogP) is 0.997. The zero-order chi connectivity index (χ0) is 14.5. The van der Waals surface area contributed by atoms with Crippen molar-refractivity contribution in [1.82, 2.24) is 5.32 Å². The van der Waals surface area contributed by atoms with Gasteiger partial charge in [0.2, 0.25) is 0 Å². The van der Waals surface area contributed by atoms with Crippen molar-refractivity contribution in [2.45, 2.75) is 31.7 Å². The number of carboxylic acid groups (broad SMARTS) is 1. The van der Waals surface area contributed by atoms with Crippen LogP contribution in [0.3, 0.4) is 0 Å². The lowest BCUT2D eigenvalue weighted by Gasteiger charge is -2.30. The van der Waals surface area contributed by atoms with E-state index in [0.717, 1.165) is 19.3 Å². The number of hydrogen-bond acceptors (Lipinski definition) is 5. The molecule has 1 saturated carbocycles. The van der Waals surface area contributed by atoms with Gasteiger partial charge in [0.05, 0.1) is 5.75 Å². The molecule has 0 heterocycles. The number of sulfone groups is 1. The van der Waals surface area contributed by atoms with Crippen LogP contribution in [0.4, 0.5) is 0 Å². The molecule has 0 aromatic rings. The second-order valence-corrected chi connectivity index (χ2v) is 8.52. The van der Waals surface area contributed by atoms with E-state index < -0.39 is 21.3 Å². The molecule has 0 radical (unpaired) electrons. The number of hydrogen-bond donors (Lipinski definition) is 2. The molecule has 0 bridgehead atoms. The third-order valence-electron chi connectivity index (χ3n) is 3.27. The van der Waals surface area contributed by atoms with Crippen LogP contribution in [0, 0.1) is 5.92 Å². The van der Waals surface area contributed by atoms with Gasteiger partial charge in [-0.05, 0) is 31.7 Å². The second-order valence-electron chi connectivity index (χ2n) is 5.16. The van der Waals surface area contributed by atoms with Crippen molar-refractivity contribution in [3.05, 3.63) is 0 Å². The largest absolute Gasteiger partial charge is 0.480 e. The Morgan fingerprint density at radius 1 is 1.47 bits per heavy atom. The molecule has 7 heteroatoms. The molecule has 0 amide bonds. The highest BCUT2D eigenvalue weighted by atomic mass is 32.2. The Balaban J connectivity index is 2.56. The van der Waals surface area contributed by atoms with Crippen molar-refractivity contribution >= 4 is 27.6 Å². The van der Waals surface area contributed by atoms with Crippen LogP contribution < -0.4 is 5.32 Å². The Morgan fingerprint density at radius 3 is 2.53 bits per heavy atom. The molecule has 19 heavy (non-hydrogen) atoms. The number of thioether (sulfide) groups is 1. The molecule has 0 aromatic carbocycles. The van der Waals surface area contributed by atoms with Crippen LogP contribution in [-0.4, -0.2) is 55.1 Å². The van der Waals surface area contributed by atoms with Gasteiger partial charge in [0.25, 0.3) is 0 Å². The van der Waals surface area contributed by atoms with Crippen LogP contribution >= 0.6 is 11.8 Å². The molecule has 0 aliphatic heterocycles. The van der Waals surface area contributed by atoms with Crippen molar-refractivity contribution in [3.63, 3.8) is 0 Å². The molecule has 1 unspecified atom stereocenters. The summed E-state index contributed by atoms with van der Waals surface area (Å²) in [5, 5.41) is 12.7. The molecule has 0 spiro atoms. The number of nitrogens with one attached hydrogen (secondary N) is 1. The Labute approximate surface area is 119 Å². The van der Waals surface area contributed by atoms with Crippen molar-refractivity contribution < 1.29 is 18.3 Å². The van der Waals surface area contributed by atoms with Crippen LogP contribution in [0.15, 0.2) is 0 Å². The lowest BCUT2D eigenvalue weighted by Crippen LogP contribution is -2.56. The quantitative estimate of drug-likeness (QED) is 0.586. The fourth-order valence-electron chi connectivity index (χ4n) is 1.99. The first-order chi connectivity index (χ1) is 8.82. The maximum Gasteiger partial charge on any atom is 0.325 e. The fourth-order valence-corrected chi connectivity index (χ4v) is 4.60. The Morgan fingerprint density at radius 2 is 2.11 bits per heavy atom. The van der Waals surface area contributed by atoms with Crippen LogP contribution in [0.2, 0.25) is 0 Å². The summed E-state index contributed by atoms with van der Waals surface area (Å²) in [5.41, 5.74) is -0.877. The van der Waals surface area contributed by atoms with Crippen LogP contribution in [-0.2, 0) is 14.6 Å². The summed E-state index contributed by atoms with van der Waals surface area (Å²) in [7, 11) is -2.97. The second kappa shape index (κ2) is 6.95. The Kier molecular flexibility index (Phi) is 6.14. The summed E-state index contributed by atoms with van der Waals surface area (Å²) >= 11 is 1.41. The predicted molar refractivity (Wildman–Crippen MR) is 78.4 cm³/mol. The first-order valence-corrected chi connectivity index (χ1v) is 9.77. The van der Waals surface area contributed by atoms with Gasteiger partial charge in [0.1, 0.15) is 15.4 Å². The molecule has 1 fully saturated rings. The highest BCUT2D eigenvalue weighted by Gasteiger charge is 2.50. The third-order valence-corrected chi connectivity index (χ3v) is 5.63. The lowest BCUT2D eigenvalue weighted by atomic mass is 9.95. The van der Waals surface area contributed by atoms with E-state index in [0.29, 0.717) is 18.1 Å². The van der Waals surface area contributed by atoms with Gasteiger partial charge in [-0.25, -0.2) is 8.42 Å². The summed E-state index contributed by atoms with van der Waals surface area (Å²) in [4.78, 5) is 11.6. The Bertz CT molecular complexity index is 406. The summed E-state index contributed by atoms with van der Waals surface area (Å²) in [6.45, 7) is 2.68. The highest BCUT2D eigenvalue weighted by molar-refractivity contribution is 8.00. The molecular weight excluding hydrogens is 286 g/mol. The maximum absolute atomic E-state index is 11.6. The molecule has 0 saturated heterocycles. The first-order valence-electron chi connectivity index (χ1n) is 6.55. The van der Waals surface area contributed by atoms with Gasteiger partial charge in [-0.1, -0.05) is 6.92 Å². The zero-order valence-corrected chi connectivity index (χ0v) is 13.1. The fraction of sp³-hybridized carbons (Fsp3) is 0.917. The molecule has 0 aromatic heterocycles. The van der Waals surface area contributed by atoms with Gasteiger partial charge >= 0.3 is 5.97 Å². The minimum Gasteiger partial charge on any atom is -0.480 e. The van der Waals surface area contributed by atoms with Gasteiger partial charge in [0, 0.05) is 17.8 Å². The van der Waals surface area contributed by atoms with Crippen molar-refractivity contribution in [3.8, 4) is 0 Å². The van der Waals surface area contributed by atoms with Crippen molar-refractivity contribution in [2.75, 3.05) is 30.1 Å². The van der Waals surface area contributed by atoms with E-state index in [4.69, 9.17) is 0 Å². The highest BCUT2D eigenvalue weighted by Crippen LogP contribution is 2.41. The van der Waals surface area contributed by atoms with E-state index >= 15 is 0 Å². The number of rotatable bonds is 10. The normalized spacial score (nSPS) is 19.1. The van der Waals surface area contributed by atoms with E-state index in [2.05, 4.69) is 5.32 Å². The third kappa shape index (κ3) is 5.31. The smallest absolute Gasteiger partial charge is 0.325 e. The molecular formula is C12H23NO4S2. The average molecular weight is 309 g/mol. The SMILES string of the molecule is CCCNC(CSCCS(C)(=O)=O)(C(=O)O)C1CC1. The number of carbonyl (C=O) groups is 1. The van der Waals surface area contributed by atoms with Gasteiger partial charge in [-0.2, -0.15) is 11.8 Å². The van der Waals surface area contributed by atoms with Gasteiger partial charge in [-0.3, -0.25) is 4.79 Å². The Hall–Kier alpha value is -0.270. The van der Waals surface area contributed by atoms with Gasteiger partial charge in [-0.15, -0.1) is 0 Å². The molecule has 1 rings (SSSR count). The van der Waals surface area contributed by atoms with E-state index in [1.807, 2.05) is 6.92 Å². The van der Waals surface area contributed by atoms with E-state index in [9.17, 15) is 18.3 Å². The monoisotopic (exact) mass is 309 g/mol. The minimum atomic E-state index is -2.97. The van der Waals surface area contributed by atoms with Crippen LogP contribution in [0.1, 0.15) is 26.2 Å². The molecule has 112 valence electrons. The first kappa shape index (κ1) is 16.8. The van der Waals surface area contributed by atoms with Crippen LogP contribution in [0.5, 0.6) is 0 Å². The number of aliphatic carboxylic acids is 1.